The molecule has 0 radical (unpaired) electrons. The summed E-state index contributed by atoms with van der Waals surface area (Å²) in [5.74, 6) is -1.14. The standard InChI is InChI=1S/C14H18F2O2/c1-4-17-13(14(2,3)12-8-18-12)10-6-5-9(15)7-11(10)16/h5-7,12-13H,4,8H2,1-3H3. The summed E-state index contributed by atoms with van der Waals surface area (Å²) in [5.41, 5.74) is 0.0491. The van der Waals surface area contributed by atoms with E-state index >= 15 is 0 Å². The van der Waals surface area contributed by atoms with Crippen molar-refractivity contribution in [1.82, 2.24) is 0 Å². The Morgan fingerprint density at radius 1 is 1.44 bits per heavy atom. The molecule has 0 bridgehead atoms. The Morgan fingerprint density at radius 2 is 2.11 bits per heavy atom. The van der Waals surface area contributed by atoms with Gasteiger partial charge in [0.15, 0.2) is 0 Å². The Bertz CT molecular complexity index is 428. The van der Waals surface area contributed by atoms with E-state index in [-0.39, 0.29) is 11.5 Å². The van der Waals surface area contributed by atoms with E-state index in [2.05, 4.69) is 0 Å². The van der Waals surface area contributed by atoms with Crippen LogP contribution in [0.2, 0.25) is 0 Å². The summed E-state index contributed by atoms with van der Waals surface area (Å²) in [5, 5.41) is 0. The highest BCUT2D eigenvalue weighted by molar-refractivity contribution is 5.23. The Labute approximate surface area is 106 Å². The van der Waals surface area contributed by atoms with Crippen LogP contribution in [0.4, 0.5) is 8.78 Å². The highest BCUT2D eigenvalue weighted by Crippen LogP contribution is 2.45. The van der Waals surface area contributed by atoms with E-state index in [0.717, 1.165) is 6.07 Å². The lowest BCUT2D eigenvalue weighted by molar-refractivity contribution is -0.0362. The molecule has 18 heavy (non-hydrogen) atoms. The van der Waals surface area contributed by atoms with Crippen molar-refractivity contribution in [3.05, 3.63) is 35.4 Å². The lowest BCUT2D eigenvalue weighted by atomic mass is 9.79. The van der Waals surface area contributed by atoms with Crippen molar-refractivity contribution in [1.29, 1.82) is 0 Å². The Hall–Kier alpha value is -1.00. The fourth-order valence-electron chi connectivity index (χ4n) is 2.23. The Morgan fingerprint density at radius 3 is 2.61 bits per heavy atom. The largest absolute Gasteiger partial charge is 0.373 e. The second-order valence-corrected chi connectivity index (χ2v) is 5.14. The van der Waals surface area contributed by atoms with Crippen molar-refractivity contribution < 1.29 is 18.3 Å². The van der Waals surface area contributed by atoms with Crippen molar-refractivity contribution in [3.63, 3.8) is 0 Å². The molecule has 0 aromatic heterocycles. The number of ether oxygens (including phenoxy) is 2. The van der Waals surface area contributed by atoms with Crippen LogP contribution >= 0.6 is 0 Å². The van der Waals surface area contributed by atoms with Gasteiger partial charge in [0, 0.05) is 23.7 Å². The maximum absolute atomic E-state index is 13.9. The first-order valence-corrected chi connectivity index (χ1v) is 6.15. The molecule has 0 amide bonds. The smallest absolute Gasteiger partial charge is 0.131 e. The van der Waals surface area contributed by atoms with Crippen LogP contribution in [0.15, 0.2) is 18.2 Å². The summed E-state index contributed by atoms with van der Waals surface area (Å²) in [7, 11) is 0. The minimum atomic E-state index is -0.577. The zero-order chi connectivity index (χ0) is 13.3. The monoisotopic (exact) mass is 256 g/mol. The maximum Gasteiger partial charge on any atom is 0.131 e. The highest BCUT2D eigenvalue weighted by atomic mass is 19.1. The number of hydrogen-bond donors (Lipinski definition) is 0. The van der Waals surface area contributed by atoms with Gasteiger partial charge in [-0.3, -0.25) is 0 Å². The van der Waals surface area contributed by atoms with Gasteiger partial charge in [-0.2, -0.15) is 0 Å². The molecular formula is C14H18F2O2. The summed E-state index contributed by atoms with van der Waals surface area (Å²) in [6.45, 7) is 6.96. The van der Waals surface area contributed by atoms with Crippen molar-refractivity contribution in [2.75, 3.05) is 13.2 Å². The van der Waals surface area contributed by atoms with E-state index in [0.29, 0.717) is 18.8 Å². The summed E-state index contributed by atoms with van der Waals surface area (Å²) >= 11 is 0. The second kappa shape index (κ2) is 4.94. The molecule has 0 saturated carbocycles. The molecule has 1 heterocycles. The molecule has 1 aromatic rings. The van der Waals surface area contributed by atoms with Crippen LogP contribution in [0.5, 0.6) is 0 Å². The average Bonchev–Trinajstić information content (AvgIpc) is 3.10. The SMILES string of the molecule is CCOC(c1ccc(F)cc1F)C(C)(C)C1CO1. The van der Waals surface area contributed by atoms with E-state index in [9.17, 15) is 8.78 Å². The predicted octanol–water partition coefficient (Wildman–Crippen LogP) is 3.47. The third-order valence-electron chi connectivity index (χ3n) is 3.42. The molecule has 4 heteroatoms. The lowest BCUT2D eigenvalue weighted by Crippen LogP contribution is -2.31. The van der Waals surface area contributed by atoms with Crippen molar-refractivity contribution in [2.24, 2.45) is 5.41 Å². The quantitative estimate of drug-likeness (QED) is 0.752. The van der Waals surface area contributed by atoms with Crippen LogP contribution in [0.1, 0.15) is 32.4 Å². The first kappa shape index (κ1) is 13.4. The minimum Gasteiger partial charge on any atom is -0.373 e. The molecular weight excluding hydrogens is 238 g/mol. The van der Waals surface area contributed by atoms with E-state index in [1.807, 2.05) is 20.8 Å². The predicted molar refractivity (Wildman–Crippen MR) is 64.2 cm³/mol. The molecule has 2 rings (SSSR count). The molecule has 2 atom stereocenters. The Balaban J connectivity index is 2.34. The van der Waals surface area contributed by atoms with Crippen molar-refractivity contribution in [3.8, 4) is 0 Å². The highest BCUT2D eigenvalue weighted by Gasteiger charge is 2.47. The molecule has 0 N–H and O–H groups in total. The van der Waals surface area contributed by atoms with Gasteiger partial charge in [-0.05, 0) is 13.0 Å². The van der Waals surface area contributed by atoms with E-state index in [1.54, 1.807) is 0 Å². The molecule has 100 valence electrons. The number of hydrogen-bond acceptors (Lipinski definition) is 2. The molecule has 1 aromatic carbocycles. The average molecular weight is 256 g/mol. The molecule has 1 aliphatic heterocycles. The molecule has 0 aliphatic carbocycles. The van der Waals surface area contributed by atoms with Gasteiger partial charge >= 0.3 is 0 Å². The zero-order valence-electron chi connectivity index (χ0n) is 10.9. The molecule has 1 saturated heterocycles. The van der Waals surface area contributed by atoms with Crippen LogP contribution in [-0.2, 0) is 9.47 Å². The van der Waals surface area contributed by atoms with Crippen molar-refractivity contribution in [2.45, 2.75) is 33.0 Å². The molecule has 2 unspecified atom stereocenters. The summed E-state index contributed by atoms with van der Waals surface area (Å²) in [4.78, 5) is 0. The van der Waals surface area contributed by atoms with Crippen LogP contribution < -0.4 is 0 Å². The van der Waals surface area contributed by atoms with E-state index < -0.39 is 17.7 Å². The van der Waals surface area contributed by atoms with E-state index in [4.69, 9.17) is 9.47 Å². The van der Waals surface area contributed by atoms with Gasteiger partial charge in [0.2, 0.25) is 0 Å². The fraction of sp³-hybridized carbons (Fsp3) is 0.571. The summed E-state index contributed by atoms with van der Waals surface area (Å²) in [6, 6.07) is 3.61. The Kier molecular flexibility index (Phi) is 3.69. The van der Waals surface area contributed by atoms with E-state index in [1.165, 1.54) is 12.1 Å². The molecule has 1 fully saturated rings. The second-order valence-electron chi connectivity index (χ2n) is 5.14. The van der Waals surface area contributed by atoms with Crippen LogP contribution in [-0.4, -0.2) is 19.3 Å². The lowest BCUT2D eigenvalue weighted by Gasteiger charge is -2.33. The molecule has 2 nitrogen and oxygen atoms in total. The first-order valence-electron chi connectivity index (χ1n) is 6.15. The van der Waals surface area contributed by atoms with Gasteiger partial charge in [-0.15, -0.1) is 0 Å². The molecule has 0 spiro atoms. The number of epoxide rings is 1. The maximum atomic E-state index is 13.9. The summed E-state index contributed by atoms with van der Waals surface area (Å²) in [6.07, 6.45) is -0.367. The van der Waals surface area contributed by atoms with Gasteiger partial charge in [0.05, 0.1) is 18.8 Å². The van der Waals surface area contributed by atoms with Crippen LogP contribution in [0.25, 0.3) is 0 Å². The van der Waals surface area contributed by atoms with Crippen LogP contribution in [0, 0.1) is 17.0 Å². The van der Waals surface area contributed by atoms with Crippen LogP contribution in [0.3, 0.4) is 0 Å². The fourth-order valence-corrected chi connectivity index (χ4v) is 2.23. The first-order chi connectivity index (χ1) is 8.46. The van der Waals surface area contributed by atoms with Gasteiger partial charge < -0.3 is 9.47 Å². The van der Waals surface area contributed by atoms with Gasteiger partial charge in [0.25, 0.3) is 0 Å². The zero-order valence-corrected chi connectivity index (χ0v) is 10.9. The number of benzene rings is 1. The minimum absolute atomic E-state index is 0.0681. The number of rotatable bonds is 5. The van der Waals surface area contributed by atoms with Gasteiger partial charge in [-0.25, -0.2) is 8.78 Å². The van der Waals surface area contributed by atoms with Gasteiger partial charge in [-0.1, -0.05) is 19.9 Å². The number of halogens is 2. The summed E-state index contributed by atoms with van der Waals surface area (Å²) < 4.78 is 37.8. The third kappa shape index (κ3) is 2.54. The molecule has 1 aliphatic rings. The third-order valence-corrected chi connectivity index (χ3v) is 3.42. The van der Waals surface area contributed by atoms with Gasteiger partial charge in [0.1, 0.15) is 11.6 Å². The van der Waals surface area contributed by atoms with Crippen molar-refractivity contribution >= 4 is 0 Å². The normalized spacial score (nSPS) is 20.8. The topological polar surface area (TPSA) is 21.8 Å².